The summed E-state index contributed by atoms with van der Waals surface area (Å²) < 4.78 is 12.4. The fourth-order valence-corrected chi connectivity index (χ4v) is 3.11. The summed E-state index contributed by atoms with van der Waals surface area (Å²) in [5.41, 5.74) is 2.36. The van der Waals surface area contributed by atoms with Gasteiger partial charge in [0.15, 0.2) is 0 Å². The van der Waals surface area contributed by atoms with Crippen LogP contribution in [0.15, 0.2) is 60.7 Å². The second-order valence-corrected chi connectivity index (χ2v) is 6.07. The molecule has 0 amide bonds. The molecule has 0 N–H and O–H groups in total. The van der Waals surface area contributed by atoms with E-state index in [1.807, 2.05) is 18.2 Å². The van der Waals surface area contributed by atoms with Gasteiger partial charge >= 0.3 is 0 Å². The summed E-state index contributed by atoms with van der Waals surface area (Å²) in [5, 5.41) is 0. The molecule has 2 aromatic carbocycles. The molecular formula is C20H24O2. The van der Waals surface area contributed by atoms with Gasteiger partial charge in [-0.1, -0.05) is 67.6 Å². The van der Waals surface area contributed by atoms with Gasteiger partial charge in [0.1, 0.15) is 0 Å². The van der Waals surface area contributed by atoms with Crippen LogP contribution in [0.5, 0.6) is 0 Å². The van der Waals surface area contributed by atoms with Gasteiger partial charge in [-0.3, -0.25) is 0 Å². The number of rotatable bonds is 6. The van der Waals surface area contributed by atoms with Crippen LogP contribution in [0.25, 0.3) is 0 Å². The van der Waals surface area contributed by atoms with E-state index in [1.54, 1.807) is 0 Å². The van der Waals surface area contributed by atoms with Gasteiger partial charge in [-0.2, -0.15) is 0 Å². The van der Waals surface area contributed by atoms with Gasteiger partial charge in [0, 0.05) is 0 Å². The van der Waals surface area contributed by atoms with E-state index < -0.39 is 0 Å². The van der Waals surface area contributed by atoms with E-state index >= 15 is 0 Å². The van der Waals surface area contributed by atoms with Crippen LogP contribution in [0.2, 0.25) is 0 Å². The number of hydrogen-bond donors (Lipinski definition) is 0. The smallest absolute Gasteiger partial charge is 0.0921 e. The molecule has 0 saturated carbocycles. The third-order valence-corrected chi connectivity index (χ3v) is 4.55. The molecule has 0 aliphatic carbocycles. The molecule has 22 heavy (non-hydrogen) atoms. The van der Waals surface area contributed by atoms with Crippen molar-refractivity contribution in [2.75, 3.05) is 6.61 Å². The molecule has 116 valence electrons. The van der Waals surface area contributed by atoms with E-state index in [0.29, 0.717) is 13.2 Å². The van der Waals surface area contributed by atoms with Crippen molar-refractivity contribution in [2.45, 2.75) is 44.5 Å². The lowest BCUT2D eigenvalue weighted by Gasteiger charge is -2.28. The second kappa shape index (κ2) is 7.08. The first-order valence-electron chi connectivity index (χ1n) is 8.16. The molecule has 2 heteroatoms. The molecule has 2 atom stereocenters. The molecule has 0 unspecified atom stereocenters. The Morgan fingerprint density at radius 2 is 1.73 bits per heavy atom. The Kier molecular flexibility index (Phi) is 4.91. The summed E-state index contributed by atoms with van der Waals surface area (Å²) in [5.74, 6) is 0. The standard InChI is InChI=1S/C20H24O2/c1-2-20(16-21-15-17-9-5-3-6-10-17)14-13-19(22-20)18-11-7-4-8-12-18/h3-12,19H,2,13-16H2,1H3/t19-,20-/m1/s1. The van der Waals surface area contributed by atoms with E-state index in [-0.39, 0.29) is 11.7 Å². The first kappa shape index (κ1) is 15.3. The first-order chi connectivity index (χ1) is 10.8. The fraction of sp³-hybridized carbons (Fsp3) is 0.400. The number of hydrogen-bond acceptors (Lipinski definition) is 2. The van der Waals surface area contributed by atoms with Gasteiger partial charge < -0.3 is 9.47 Å². The van der Waals surface area contributed by atoms with Crippen LogP contribution in [0.4, 0.5) is 0 Å². The highest BCUT2D eigenvalue weighted by atomic mass is 16.6. The predicted octanol–water partition coefficient (Wildman–Crippen LogP) is 4.90. The van der Waals surface area contributed by atoms with E-state index in [9.17, 15) is 0 Å². The van der Waals surface area contributed by atoms with Crippen molar-refractivity contribution < 1.29 is 9.47 Å². The Bertz CT molecular complexity index is 567. The molecule has 1 aliphatic rings. The van der Waals surface area contributed by atoms with E-state index in [2.05, 4.69) is 49.4 Å². The monoisotopic (exact) mass is 296 g/mol. The van der Waals surface area contributed by atoms with E-state index in [4.69, 9.17) is 9.47 Å². The third-order valence-electron chi connectivity index (χ3n) is 4.55. The normalized spacial score (nSPS) is 24.5. The Morgan fingerprint density at radius 1 is 1.05 bits per heavy atom. The average Bonchev–Trinajstić information content (AvgIpc) is 3.02. The SMILES string of the molecule is CC[C@]1(COCc2ccccc2)CC[C@H](c2ccccc2)O1. The fourth-order valence-electron chi connectivity index (χ4n) is 3.11. The van der Waals surface area contributed by atoms with Crippen molar-refractivity contribution >= 4 is 0 Å². The topological polar surface area (TPSA) is 18.5 Å². The van der Waals surface area contributed by atoms with Crippen molar-refractivity contribution in [3.63, 3.8) is 0 Å². The van der Waals surface area contributed by atoms with Crippen LogP contribution in [-0.4, -0.2) is 12.2 Å². The molecule has 2 nitrogen and oxygen atoms in total. The highest BCUT2D eigenvalue weighted by Crippen LogP contribution is 2.41. The quantitative estimate of drug-likeness (QED) is 0.754. The third kappa shape index (κ3) is 3.57. The molecule has 1 heterocycles. The molecule has 3 rings (SSSR count). The molecule has 0 bridgehead atoms. The van der Waals surface area contributed by atoms with Gasteiger partial charge in [-0.05, 0) is 30.4 Å². The minimum atomic E-state index is -0.130. The van der Waals surface area contributed by atoms with Gasteiger partial charge in [-0.15, -0.1) is 0 Å². The van der Waals surface area contributed by atoms with Crippen molar-refractivity contribution in [3.8, 4) is 0 Å². The molecular weight excluding hydrogens is 272 g/mol. The lowest BCUT2D eigenvalue weighted by Crippen LogP contribution is -2.33. The van der Waals surface area contributed by atoms with Crippen LogP contribution in [0.1, 0.15) is 43.4 Å². The summed E-state index contributed by atoms with van der Waals surface area (Å²) in [4.78, 5) is 0. The minimum Gasteiger partial charge on any atom is -0.374 e. The summed E-state index contributed by atoms with van der Waals surface area (Å²) in [6, 6.07) is 20.8. The van der Waals surface area contributed by atoms with E-state index in [1.165, 1.54) is 11.1 Å². The maximum absolute atomic E-state index is 6.40. The Balaban J connectivity index is 1.57. The minimum absolute atomic E-state index is 0.130. The maximum Gasteiger partial charge on any atom is 0.0921 e. The second-order valence-electron chi connectivity index (χ2n) is 6.07. The summed E-state index contributed by atoms with van der Waals surface area (Å²) in [6.07, 6.45) is 3.34. The molecule has 0 radical (unpaired) electrons. The van der Waals surface area contributed by atoms with Gasteiger partial charge in [0.2, 0.25) is 0 Å². The van der Waals surface area contributed by atoms with Crippen LogP contribution >= 0.6 is 0 Å². The average molecular weight is 296 g/mol. The highest BCUT2D eigenvalue weighted by Gasteiger charge is 2.39. The van der Waals surface area contributed by atoms with E-state index in [0.717, 1.165) is 19.3 Å². The van der Waals surface area contributed by atoms with Crippen LogP contribution in [-0.2, 0) is 16.1 Å². The van der Waals surface area contributed by atoms with Gasteiger partial charge in [0.25, 0.3) is 0 Å². The summed E-state index contributed by atoms with van der Waals surface area (Å²) in [6.45, 7) is 3.52. The number of benzene rings is 2. The van der Waals surface area contributed by atoms with Crippen molar-refractivity contribution in [1.29, 1.82) is 0 Å². The number of ether oxygens (including phenoxy) is 2. The highest BCUT2D eigenvalue weighted by molar-refractivity contribution is 5.19. The lowest BCUT2D eigenvalue weighted by atomic mass is 9.97. The molecule has 2 aromatic rings. The zero-order valence-electron chi connectivity index (χ0n) is 13.2. The molecule has 0 spiro atoms. The summed E-state index contributed by atoms with van der Waals surface area (Å²) in [7, 11) is 0. The first-order valence-corrected chi connectivity index (χ1v) is 8.16. The Morgan fingerprint density at radius 3 is 2.41 bits per heavy atom. The Labute approximate surface area is 133 Å². The lowest BCUT2D eigenvalue weighted by molar-refractivity contribution is -0.0979. The van der Waals surface area contributed by atoms with Crippen molar-refractivity contribution in [3.05, 3.63) is 71.8 Å². The Hall–Kier alpha value is -1.64. The molecule has 1 fully saturated rings. The summed E-state index contributed by atoms with van der Waals surface area (Å²) >= 11 is 0. The predicted molar refractivity (Wildman–Crippen MR) is 88.6 cm³/mol. The zero-order chi connectivity index (χ0) is 15.3. The van der Waals surface area contributed by atoms with Crippen molar-refractivity contribution in [1.82, 2.24) is 0 Å². The van der Waals surface area contributed by atoms with Crippen LogP contribution in [0, 0.1) is 0 Å². The zero-order valence-corrected chi connectivity index (χ0v) is 13.2. The van der Waals surface area contributed by atoms with Crippen LogP contribution < -0.4 is 0 Å². The maximum atomic E-state index is 6.40. The largest absolute Gasteiger partial charge is 0.374 e. The molecule has 1 aliphatic heterocycles. The van der Waals surface area contributed by atoms with Crippen molar-refractivity contribution in [2.24, 2.45) is 0 Å². The van der Waals surface area contributed by atoms with Gasteiger partial charge in [0.05, 0.1) is 24.9 Å². The molecule has 0 aromatic heterocycles. The molecule has 1 saturated heterocycles. The van der Waals surface area contributed by atoms with Crippen LogP contribution in [0.3, 0.4) is 0 Å². The van der Waals surface area contributed by atoms with Gasteiger partial charge in [-0.25, -0.2) is 0 Å².